The molecule has 0 saturated carbocycles. The molecule has 0 spiro atoms. The Morgan fingerprint density at radius 3 is 2.74 bits per heavy atom. The molecule has 0 bridgehead atoms. The van der Waals surface area contributed by atoms with Crippen molar-refractivity contribution in [1.29, 1.82) is 0 Å². The van der Waals surface area contributed by atoms with Crippen molar-refractivity contribution in [3.8, 4) is 0 Å². The highest BCUT2D eigenvalue weighted by Gasteiger charge is 2.14. The van der Waals surface area contributed by atoms with Crippen LogP contribution in [0.15, 0.2) is 59.6 Å². The Morgan fingerprint density at radius 1 is 1.26 bits per heavy atom. The number of hydrogen-bond donors (Lipinski definition) is 1. The number of ether oxygens (including phenoxy) is 1. The number of rotatable bonds is 10. The third-order valence-electron chi connectivity index (χ3n) is 5.16. The summed E-state index contributed by atoms with van der Waals surface area (Å²) in [6.45, 7) is 5.93. The van der Waals surface area contributed by atoms with Crippen LogP contribution in [0.1, 0.15) is 46.0 Å². The van der Waals surface area contributed by atoms with Gasteiger partial charge in [-0.3, -0.25) is 4.79 Å². The molecule has 27 heavy (non-hydrogen) atoms. The molecule has 0 saturated heterocycles. The Bertz CT molecular complexity index is 655. The number of allylic oxidation sites excluding steroid dienone is 8. The maximum atomic E-state index is 10.7. The lowest BCUT2D eigenvalue weighted by Crippen LogP contribution is -2.25. The topological polar surface area (TPSA) is 49.8 Å². The van der Waals surface area contributed by atoms with Gasteiger partial charge in [0, 0.05) is 6.54 Å². The van der Waals surface area contributed by atoms with Gasteiger partial charge < -0.3 is 14.7 Å². The van der Waals surface area contributed by atoms with Gasteiger partial charge in [-0.15, -0.1) is 0 Å². The molecule has 148 valence electrons. The Labute approximate surface area is 163 Å². The van der Waals surface area contributed by atoms with Crippen molar-refractivity contribution in [2.75, 3.05) is 20.1 Å². The van der Waals surface area contributed by atoms with Crippen LogP contribution >= 0.6 is 0 Å². The minimum absolute atomic E-state index is 0.199. The number of aliphatic carboxylic acids is 1. The van der Waals surface area contributed by atoms with Gasteiger partial charge in [0.25, 0.3) is 0 Å². The van der Waals surface area contributed by atoms with E-state index in [0.717, 1.165) is 43.7 Å². The lowest BCUT2D eigenvalue weighted by Gasteiger charge is -2.22. The lowest BCUT2D eigenvalue weighted by atomic mass is 9.90. The monoisotopic (exact) mass is 371 g/mol. The molecule has 0 aromatic rings. The van der Waals surface area contributed by atoms with Crippen molar-refractivity contribution in [1.82, 2.24) is 4.90 Å². The first-order valence-corrected chi connectivity index (χ1v) is 10.0. The van der Waals surface area contributed by atoms with E-state index in [1.165, 1.54) is 5.57 Å². The van der Waals surface area contributed by atoms with E-state index in [0.29, 0.717) is 18.4 Å². The molecule has 0 radical (unpaired) electrons. The number of carbonyl (C=O) groups is 1. The van der Waals surface area contributed by atoms with E-state index in [-0.39, 0.29) is 6.42 Å². The first kappa shape index (κ1) is 21.2. The molecule has 1 N–H and O–H groups in total. The summed E-state index contributed by atoms with van der Waals surface area (Å²) in [5.74, 6) is 2.10. The molecule has 2 atom stereocenters. The van der Waals surface area contributed by atoms with Gasteiger partial charge in [-0.25, -0.2) is 0 Å². The summed E-state index contributed by atoms with van der Waals surface area (Å²) in [5.41, 5.74) is 1.42. The average Bonchev–Trinajstić information content (AvgIpc) is 2.86. The standard InChI is InChI=1S/C23H33NO3/c1-4-19(13-15-24(3)16-14-23(25)26)20-8-6-9-21(12-11-20)27-22-10-5-7-18(2)17-22/h5-6,9-12,17-19H,4,7-8,13-16H2,1-3H3,(H,25,26). The molecular formula is C23H33NO3. The molecule has 0 heterocycles. The number of carboxylic acid groups (broad SMARTS) is 1. The van der Waals surface area contributed by atoms with Crippen LogP contribution in [0.3, 0.4) is 0 Å². The maximum Gasteiger partial charge on any atom is 0.304 e. The van der Waals surface area contributed by atoms with Crippen molar-refractivity contribution in [2.24, 2.45) is 11.8 Å². The van der Waals surface area contributed by atoms with E-state index >= 15 is 0 Å². The molecular weight excluding hydrogens is 338 g/mol. The molecule has 4 nitrogen and oxygen atoms in total. The molecule has 0 aromatic carbocycles. The van der Waals surface area contributed by atoms with Crippen LogP contribution in [0.5, 0.6) is 0 Å². The Morgan fingerprint density at radius 2 is 2.04 bits per heavy atom. The predicted octanol–water partition coefficient (Wildman–Crippen LogP) is 5.08. The molecule has 4 heteroatoms. The number of nitrogens with zero attached hydrogens (tertiary/aromatic N) is 1. The molecule has 0 aliphatic heterocycles. The second-order valence-electron chi connectivity index (χ2n) is 7.54. The second-order valence-corrected chi connectivity index (χ2v) is 7.54. The minimum atomic E-state index is -0.736. The van der Waals surface area contributed by atoms with E-state index in [4.69, 9.17) is 9.84 Å². The summed E-state index contributed by atoms with van der Waals surface area (Å²) >= 11 is 0. The van der Waals surface area contributed by atoms with E-state index in [1.807, 2.05) is 13.1 Å². The summed E-state index contributed by atoms with van der Waals surface area (Å²) in [7, 11) is 2.00. The zero-order chi connectivity index (χ0) is 19.6. The normalized spacial score (nSPS) is 20.6. The first-order chi connectivity index (χ1) is 13.0. The smallest absolute Gasteiger partial charge is 0.304 e. The quantitative estimate of drug-likeness (QED) is 0.582. The summed E-state index contributed by atoms with van der Waals surface area (Å²) in [4.78, 5) is 12.8. The van der Waals surface area contributed by atoms with Crippen molar-refractivity contribution in [3.05, 3.63) is 59.6 Å². The van der Waals surface area contributed by atoms with Crippen molar-refractivity contribution < 1.29 is 14.6 Å². The third kappa shape index (κ3) is 7.59. The molecule has 2 unspecified atom stereocenters. The first-order valence-electron chi connectivity index (χ1n) is 10.0. The van der Waals surface area contributed by atoms with Gasteiger partial charge in [0.1, 0.15) is 11.5 Å². The van der Waals surface area contributed by atoms with Crippen LogP contribution < -0.4 is 0 Å². The fourth-order valence-electron chi connectivity index (χ4n) is 3.43. The fourth-order valence-corrected chi connectivity index (χ4v) is 3.43. The molecule has 2 aliphatic rings. The van der Waals surface area contributed by atoms with Crippen LogP contribution in [-0.4, -0.2) is 36.1 Å². The van der Waals surface area contributed by atoms with E-state index < -0.39 is 5.97 Å². The van der Waals surface area contributed by atoms with Gasteiger partial charge in [0.15, 0.2) is 0 Å². The SMILES string of the molecule is CCC(CCN(C)CCC(=O)O)C1=CC=C(OC2=CC(C)CC=C2)C=CC1. The summed E-state index contributed by atoms with van der Waals surface area (Å²) in [6.07, 6.45) is 19.2. The van der Waals surface area contributed by atoms with E-state index in [9.17, 15) is 4.79 Å². The highest BCUT2D eigenvalue weighted by molar-refractivity contribution is 5.66. The number of carboxylic acids is 1. The predicted molar refractivity (Wildman–Crippen MR) is 110 cm³/mol. The maximum absolute atomic E-state index is 10.7. The largest absolute Gasteiger partial charge is 0.481 e. The lowest BCUT2D eigenvalue weighted by molar-refractivity contribution is -0.137. The van der Waals surface area contributed by atoms with Crippen molar-refractivity contribution in [2.45, 2.75) is 46.0 Å². The molecule has 2 rings (SSSR count). The van der Waals surface area contributed by atoms with Gasteiger partial charge in [-0.1, -0.05) is 37.6 Å². The Kier molecular flexibility index (Phi) is 8.59. The van der Waals surface area contributed by atoms with Gasteiger partial charge in [0.2, 0.25) is 0 Å². The van der Waals surface area contributed by atoms with Crippen LogP contribution in [0.25, 0.3) is 0 Å². The zero-order valence-electron chi connectivity index (χ0n) is 16.9. The van der Waals surface area contributed by atoms with Gasteiger partial charge >= 0.3 is 5.97 Å². The van der Waals surface area contributed by atoms with Crippen LogP contribution in [0, 0.1) is 11.8 Å². The molecule has 2 aliphatic carbocycles. The molecule has 0 amide bonds. The number of hydrogen-bond acceptors (Lipinski definition) is 3. The summed E-state index contributed by atoms with van der Waals surface area (Å²) < 4.78 is 6.04. The summed E-state index contributed by atoms with van der Waals surface area (Å²) in [5, 5.41) is 8.81. The highest BCUT2D eigenvalue weighted by atomic mass is 16.5. The minimum Gasteiger partial charge on any atom is -0.481 e. The molecule has 0 fully saturated rings. The average molecular weight is 372 g/mol. The van der Waals surface area contributed by atoms with Gasteiger partial charge in [-0.2, -0.15) is 0 Å². The van der Waals surface area contributed by atoms with Crippen LogP contribution in [0.2, 0.25) is 0 Å². The Balaban J connectivity index is 1.93. The Hall–Kier alpha value is -2.07. The van der Waals surface area contributed by atoms with Gasteiger partial charge in [0.05, 0.1) is 6.42 Å². The third-order valence-corrected chi connectivity index (χ3v) is 5.16. The summed E-state index contributed by atoms with van der Waals surface area (Å²) in [6, 6.07) is 0. The van der Waals surface area contributed by atoms with Gasteiger partial charge in [-0.05, 0) is 75.4 Å². The fraction of sp³-hybridized carbons (Fsp3) is 0.522. The zero-order valence-corrected chi connectivity index (χ0v) is 16.9. The van der Waals surface area contributed by atoms with E-state index in [2.05, 4.69) is 55.2 Å². The van der Waals surface area contributed by atoms with Crippen LogP contribution in [-0.2, 0) is 9.53 Å². The highest BCUT2D eigenvalue weighted by Crippen LogP contribution is 2.27. The van der Waals surface area contributed by atoms with E-state index in [1.54, 1.807) is 0 Å². The van der Waals surface area contributed by atoms with Crippen LogP contribution in [0.4, 0.5) is 0 Å². The molecule has 0 aromatic heterocycles. The van der Waals surface area contributed by atoms with Crippen molar-refractivity contribution >= 4 is 5.97 Å². The van der Waals surface area contributed by atoms with Crippen molar-refractivity contribution in [3.63, 3.8) is 0 Å². The second kappa shape index (κ2) is 10.9.